The first kappa shape index (κ1) is 25.8. The Morgan fingerprint density at radius 1 is 1.03 bits per heavy atom. The van der Waals surface area contributed by atoms with Crippen LogP contribution in [-0.4, -0.2) is 35.4 Å². The van der Waals surface area contributed by atoms with Crippen molar-refractivity contribution < 1.29 is 41.0 Å². The zero-order chi connectivity index (χ0) is 24.9. The first-order valence-electron chi connectivity index (χ1n) is 10.4. The molecule has 3 rings (SSSR count). The van der Waals surface area contributed by atoms with Gasteiger partial charge < -0.3 is 9.84 Å². The number of alkyl halides is 6. The minimum Gasteiger partial charge on any atom is -0.464 e. The Bertz CT molecular complexity index is 936. The molecule has 0 radical (unpaired) electrons. The predicted molar refractivity (Wildman–Crippen MR) is 109 cm³/mol. The number of carboxylic acid groups (broad SMARTS) is 1. The van der Waals surface area contributed by atoms with Gasteiger partial charge in [-0.2, -0.15) is 26.3 Å². The Morgan fingerprint density at radius 2 is 1.65 bits per heavy atom. The van der Waals surface area contributed by atoms with Crippen LogP contribution in [0.15, 0.2) is 48.5 Å². The van der Waals surface area contributed by atoms with Crippen LogP contribution in [0.4, 0.5) is 31.1 Å². The predicted octanol–water partition coefficient (Wildman–Crippen LogP) is 5.18. The van der Waals surface area contributed by atoms with Crippen LogP contribution in [0.3, 0.4) is 0 Å². The Hall–Kier alpha value is -2.83. The second kappa shape index (κ2) is 10.6. The summed E-state index contributed by atoms with van der Waals surface area (Å²) in [5.41, 5.74) is 2.41. The summed E-state index contributed by atoms with van der Waals surface area (Å²) in [4.78, 5) is 12.6. The highest BCUT2D eigenvalue weighted by Gasteiger charge is 2.37. The van der Waals surface area contributed by atoms with E-state index in [1.165, 1.54) is 0 Å². The van der Waals surface area contributed by atoms with Gasteiger partial charge in [0.05, 0.1) is 36.5 Å². The molecule has 1 heterocycles. The Morgan fingerprint density at radius 3 is 2.21 bits per heavy atom. The Labute approximate surface area is 191 Å². The fourth-order valence-electron chi connectivity index (χ4n) is 3.98. The lowest BCUT2D eigenvalue weighted by Crippen LogP contribution is -2.50. The maximum atomic E-state index is 13.2. The molecule has 3 N–H and O–H groups in total. The van der Waals surface area contributed by atoms with Crippen LogP contribution in [0.1, 0.15) is 41.1 Å². The van der Waals surface area contributed by atoms with Crippen LogP contribution in [0.25, 0.3) is 0 Å². The summed E-state index contributed by atoms with van der Waals surface area (Å²) in [6, 6.07) is 10.1. The number of halogens is 6. The molecule has 34 heavy (non-hydrogen) atoms. The SMILES string of the molecule is O=C(O)NNCN1CCC[C@@H](OCc2cc(C(F)(F)F)cc(C(F)(F)F)c2)[C@H]1c1ccccc1. The normalized spacial score (nSPS) is 19.7. The average molecular weight is 491 g/mol. The van der Waals surface area contributed by atoms with E-state index in [4.69, 9.17) is 9.84 Å². The van der Waals surface area contributed by atoms with E-state index in [-0.39, 0.29) is 18.3 Å². The summed E-state index contributed by atoms with van der Waals surface area (Å²) in [6.45, 7) is 0.249. The van der Waals surface area contributed by atoms with Crippen LogP contribution in [0.5, 0.6) is 0 Å². The fourth-order valence-corrected chi connectivity index (χ4v) is 3.98. The van der Waals surface area contributed by atoms with Crippen LogP contribution in [0, 0.1) is 0 Å². The van der Waals surface area contributed by atoms with Gasteiger partial charge in [0, 0.05) is 6.54 Å². The molecule has 0 saturated carbocycles. The third-order valence-corrected chi connectivity index (χ3v) is 5.41. The minimum absolute atomic E-state index is 0.0831. The molecule has 0 aliphatic carbocycles. The number of nitrogens with one attached hydrogen (secondary N) is 2. The number of benzene rings is 2. The second-order valence-corrected chi connectivity index (χ2v) is 7.84. The molecular weight excluding hydrogens is 468 g/mol. The Balaban J connectivity index is 1.83. The highest BCUT2D eigenvalue weighted by molar-refractivity contribution is 5.63. The molecule has 1 amide bonds. The molecule has 2 aromatic carbocycles. The van der Waals surface area contributed by atoms with E-state index in [1.807, 2.05) is 22.5 Å². The summed E-state index contributed by atoms with van der Waals surface area (Å²) < 4.78 is 84.9. The third-order valence-electron chi connectivity index (χ3n) is 5.41. The van der Waals surface area contributed by atoms with Gasteiger partial charge in [-0.15, -0.1) is 0 Å². The zero-order valence-electron chi connectivity index (χ0n) is 17.8. The highest BCUT2D eigenvalue weighted by atomic mass is 19.4. The molecule has 6 nitrogen and oxygen atoms in total. The molecule has 0 spiro atoms. The number of rotatable bonds is 7. The van der Waals surface area contributed by atoms with Crippen molar-refractivity contribution in [2.45, 2.75) is 43.9 Å². The Kier molecular flexibility index (Phi) is 8.05. The number of carbonyl (C=O) groups is 1. The molecule has 1 aliphatic heterocycles. The summed E-state index contributed by atoms with van der Waals surface area (Å²) in [5.74, 6) is 0. The van der Waals surface area contributed by atoms with Crippen LogP contribution < -0.4 is 10.9 Å². The molecule has 2 aromatic rings. The molecular formula is C22H23F6N3O3. The number of nitrogens with zero attached hydrogens (tertiary/aromatic N) is 1. The molecule has 0 aromatic heterocycles. The quantitative estimate of drug-likeness (QED) is 0.368. The van der Waals surface area contributed by atoms with Crippen LogP contribution in [-0.2, 0) is 23.7 Å². The lowest BCUT2D eigenvalue weighted by atomic mass is 9.92. The number of ether oxygens (including phenoxy) is 1. The van der Waals surface area contributed by atoms with Gasteiger partial charge in [0.15, 0.2) is 0 Å². The van der Waals surface area contributed by atoms with Crippen molar-refractivity contribution in [1.29, 1.82) is 0 Å². The maximum absolute atomic E-state index is 13.2. The van der Waals surface area contributed by atoms with Gasteiger partial charge in [-0.05, 0) is 42.2 Å². The number of amides is 1. The molecule has 1 aliphatic rings. The van der Waals surface area contributed by atoms with E-state index in [2.05, 4.69) is 5.43 Å². The van der Waals surface area contributed by atoms with E-state index in [1.54, 1.807) is 18.2 Å². The highest BCUT2D eigenvalue weighted by Crippen LogP contribution is 2.37. The zero-order valence-corrected chi connectivity index (χ0v) is 17.8. The van der Waals surface area contributed by atoms with E-state index in [0.717, 1.165) is 5.56 Å². The fraction of sp³-hybridized carbons (Fsp3) is 0.409. The molecule has 0 unspecified atom stereocenters. The minimum atomic E-state index is -4.94. The maximum Gasteiger partial charge on any atom is 0.419 e. The van der Waals surface area contributed by atoms with Crippen LogP contribution >= 0.6 is 0 Å². The molecule has 1 fully saturated rings. The topological polar surface area (TPSA) is 73.8 Å². The molecule has 1 saturated heterocycles. The van der Waals surface area contributed by atoms with Crippen molar-refractivity contribution in [3.63, 3.8) is 0 Å². The number of hydrogen-bond acceptors (Lipinski definition) is 4. The number of hydrogen-bond donors (Lipinski definition) is 3. The second-order valence-electron chi connectivity index (χ2n) is 7.84. The van der Waals surface area contributed by atoms with Crippen LogP contribution in [0.2, 0.25) is 0 Å². The van der Waals surface area contributed by atoms with Crippen molar-refractivity contribution in [2.75, 3.05) is 13.2 Å². The molecule has 0 bridgehead atoms. The van der Waals surface area contributed by atoms with Gasteiger partial charge in [-0.25, -0.2) is 10.2 Å². The lowest BCUT2D eigenvalue weighted by molar-refractivity contribution is -0.143. The largest absolute Gasteiger partial charge is 0.464 e. The van der Waals surface area contributed by atoms with Gasteiger partial charge in [-0.1, -0.05) is 30.3 Å². The van der Waals surface area contributed by atoms with Crippen molar-refractivity contribution in [2.24, 2.45) is 0 Å². The number of likely N-dealkylation sites (tertiary alicyclic amines) is 1. The van der Waals surface area contributed by atoms with Crippen molar-refractivity contribution >= 4 is 6.09 Å². The first-order chi connectivity index (χ1) is 15.9. The van der Waals surface area contributed by atoms with E-state index < -0.39 is 48.3 Å². The van der Waals surface area contributed by atoms with E-state index >= 15 is 0 Å². The summed E-state index contributed by atoms with van der Waals surface area (Å²) >= 11 is 0. The van der Waals surface area contributed by atoms with Gasteiger partial charge in [-0.3, -0.25) is 10.3 Å². The molecule has 186 valence electrons. The van der Waals surface area contributed by atoms with Gasteiger partial charge >= 0.3 is 18.4 Å². The van der Waals surface area contributed by atoms with Gasteiger partial charge in [0.25, 0.3) is 0 Å². The molecule has 12 heteroatoms. The van der Waals surface area contributed by atoms with E-state index in [0.29, 0.717) is 31.5 Å². The third kappa shape index (κ3) is 6.84. The van der Waals surface area contributed by atoms with Crippen molar-refractivity contribution in [1.82, 2.24) is 15.8 Å². The first-order valence-corrected chi connectivity index (χ1v) is 10.4. The number of hydrazine groups is 1. The molecule has 2 atom stereocenters. The summed E-state index contributed by atoms with van der Waals surface area (Å²) in [6.07, 6.45) is -10.5. The van der Waals surface area contributed by atoms with E-state index in [9.17, 15) is 31.1 Å². The lowest BCUT2D eigenvalue weighted by Gasteiger charge is -2.41. The van der Waals surface area contributed by atoms with Gasteiger partial charge in [0.1, 0.15) is 0 Å². The average Bonchev–Trinajstić information content (AvgIpc) is 2.76. The smallest absolute Gasteiger partial charge is 0.419 e. The summed E-state index contributed by atoms with van der Waals surface area (Å²) in [5, 5.41) is 8.77. The number of piperidine rings is 1. The van der Waals surface area contributed by atoms with Crippen molar-refractivity contribution in [3.05, 3.63) is 70.8 Å². The van der Waals surface area contributed by atoms with Gasteiger partial charge in [0.2, 0.25) is 0 Å². The van der Waals surface area contributed by atoms with Crippen molar-refractivity contribution in [3.8, 4) is 0 Å². The summed E-state index contributed by atoms with van der Waals surface area (Å²) in [7, 11) is 0. The monoisotopic (exact) mass is 491 g/mol. The standard InChI is InChI=1S/C22H23F6N3O3/c23-21(24,25)16-9-14(10-17(11-16)22(26,27)28)12-34-18-7-4-8-31(13-29-30-20(32)33)19(18)15-5-2-1-3-6-15/h1-3,5-6,9-11,18-19,29-30H,4,7-8,12-13H2,(H,32,33)/t18-,19-/m1/s1.